The van der Waals surface area contributed by atoms with Gasteiger partial charge in [0.05, 0.1) is 15.6 Å². The second-order valence-corrected chi connectivity index (χ2v) is 6.19. The second-order valence-electron chi connectivity index (χ2n) is 4.01. The zero-order valence-corrected chi connectivity index (χ0v) is 12.1. The first-order valence-corrected chi connectivity index (χ1v) is 7.28. The molecule has 0 radical (unpaired) electrons. The van der Waals surface area contributed by atoms with Gasteiger partial charge in [-0.05, 0) is 27.2 Å². The van der Waals surface area contributed by atoms with Crippen molar-refractivity contribution in [3.63, 3.8) is 0 Å². The van der Waals surface area contributed by atoms with Gasteiger partial charge in [-0.2, -0.15) is 0 Å². The fraction of sp³-hybridized carbons (Fsp3) is 0.545. The third-order valence-corrected chi connectivity index (χ3v) is 4.59. The van der Waals surface area contributed by atoms with Gasteiger partial charge in [-0.25, -0.2) is 4.98 Å². The van der Waals surface area contributed by atoms with Gasteiger partial charge in [0.2, 0.25) is 5.13 Å². The maximum Gasteiger partial charge on any atom is 0.206 e. The summed E-state index contributed by atoms with van der Waals surface area (Å²) < 4.78 is 0. The molecule has 2 rings (SSSR count). The van der Waals surface area contributed by atoms with E-state index in [0.29, 0.717) is 6.04 Å². The van der Waals surface area contributed by atoms with Gasteiger partial charge in [-0.3, -0.25) is 0 Å². The van der Waals surface area contributed by atoms with Crippen LogP contribution in [0.2, 0.25) is 0 Å². The highest BCUT2D eigenvalue weighted by Crippen LogP contribution is 2.33. The fourth-order valence-corrected chi connectivity index (χ4v) is 3.31. The van der Waals surface area contributed by atoms with Crippen molar-refractivity contribution in [3.05, 3.63) is 10.7 Å². The van der Waals surface area contributed by atoms with E-state index in [-0.39, 0.29) is 0 Å². The van der Waals surface area contributed by atoms with Crippen LogP contribution in [0.3, 0.4) is 0 Å². The lowest BCUT2D eigenvalue weighted by Gasteiger charge is -2.07. The molecule has 0 bridgehead atoms. The Morgan fingerprint density at radius 2 is 2.00 bits per heavy atom. The zero-order chi connectivity index (χ0) is 12.4. The van der Waals surface area contributed by atoms with E-state index < -0.39 is 0 Å². The molecule has 0 aliphatic carbocycles. The van der Waals surface area contributed by atoms with Crippen LogP contribution in [0, 0.1) is 13.8 Å². The van der Waals surface area contributed by atoms with Gasteiger partial charge < -0.3 is 5.32 Å². The summed E-state index contributed by atoms with van der Waals surface area (Å²) in [4.78, 5) is 5.55. The molecule has 6 heteroatoms. The molecule has 4 nitrogen and oxygen atoms in total. The van der Waals surface area contributed by atoms with E-state index >= 15 is 0 Å². The van der Waals surface area contributed by atoms with Gasteiger partial charge in [0.25, 0.3) is 0 Å². The maximum absolute atomic E-state index is 4.41. The van der Waals surface area contributed by atoms with Crippen molar-refractivity contribution in [1.82, 2.24) is 15.2 Å². The largest absolute Gasteiger partial charge is 0.358 e. The van der Waals surface area contributed by atoms with Crippen molar-refractivity contribution in [1.29, 1.82) is 0 Å². The number of rotatable bonds is 4. The minimum absolute atomic E-state index is 0.431. The Bertz CT molecular complexity index is 503. The van der Waals surface area contributed by atoms with Crippen molar-refractivity contribution >= 4 is 27.8 Å². The van der Waals surface area contributed by atoms with Crippen LogP contribution < -0.4 is 5.32 Å². The highest BCUT2D eigenvalue weighted by Gasteiger charge is 2.13. The molecule has 0 amide bonds. The Balaban J connectivity index is 2.21. The lowest BCUT2D eigenvalue weighted by Crippen LogP contribution is -2.12. The summed E-state index contributed by atoms with van der Waals surface area (Å²) in [6.07, 6.45) is 1.08. The minimum atomic E-state index is 0.431. The molecule has 17 heavy (non-hydrogen) atoms. The van der Waals surface area contributed by atoms with Gasteiger partial charge in [-0.15, -0.1) is 21.5 Å². The lowest BCUT2D eigenvalue weighted by molar-refractivity contribution is 0.760. The Labute approximate surface area is 109 Å². The number of hydrogen-bond donors (Lipinski definition) is 1. The first-order valence-electron chi connectivity index (χ1n) is 5.64. The van der Waals surface area contributed by atoms with Crippen LogP contribution in [0.25, 0.3) is 9.88 Å². The van der Waals surface area contributed by atoms with Crippen molar-refractivity contribution < 1.29 is 0 Å². The van der Waals surface area contributed by atoms with Crippen molar-refractivity contribution in [2.45, 2.75) is 40.2 Å². The van der Waals surface area contributed by atoms with Crippen LogP contribution in [0.1, 0.15) is 31.0 Å². The van der Waals surface area contributed by atoms with E-state index in [4.69, 9.17) is 0 Å². The lowest BCUT2D eigenvalue weighted by atomic mass is 10.3. The van der Waals surface area contributed by atoms with Crippen LogP contribution in [-0.4, -0.2) is 21.2 Å². The molecule has 0 aromatic carbocycles. The summed E-state index contributed by atoms with van der Waals surface area (Å²) >= 11 is 3.27. The number of nitrogens with one attached hydrogen (secondary N) is 1. The molecule has 92 valence electrons. The normalized spacial score (nSPS) is 12.7. The van der Waals surface area contributed by atoms with Crippen LogP contribution in [-0.2, 0) is 0 Å². The Morgan fingerprint density at radius 3 is 2.59 bits per heavy atom. The molecule has 0 fully saturated rings. The van der Waals surface area contributed by atoms with E-state index in [1.165, 1.54) is 0 Å². The van der Waals surface area contributed by atoms with E-state index in [2.05, 4.69) is 34.3 Å². The molecular formula is C11H16N4S2. The molecule has 1 N–H and O–H groups in total. The predicted molar refractivity (Wildman–Crippen MR) is 73.9 cm³/mol. The average molecular weight is 268 g/mol. The molecule has 1 atom stereocenters. The molecule has 2 heterocycles. The Kier molecular flexibility index (Phi) is 3.73. The number of hydrogen-bond acceptors (Lipinski definition) is 6. The quantitative estimate of drug-likeness (QED) is 0.922. The van der Waals surface area contributed by atoms with Crippen molar-refractivity contribution in [2.24, 2.45) is 0 Å². The number of aromatic nitrogens is 3. The summed E-state index contributed by atoms with van der Waals surface area (Å²) in [5, 5.41) is 14.6. The SMILES string of the molecule is CCC(C)Nc1nnc(-c2sc(C)nc2C)s1. The third-order valence-electron chi connectivity index (χ3n) is 2.51. The molecule has 0 aliphatic rings. The summed E-state index contributed by atoms with van der Waals surface area (Å²) in [5.74, 6) is 0. The zero-order valence-electron chi connectivity index (χ0n) is 10.4. The van der Waals surface area contributed by atoms with Gasteiger partial charge in [0.1, 0.15) is 0 Å². The highest BCUT2D eigenvalue weighted by molar-refractivity contribution is 7.23. The Morgan fingerprint density at radius 1 is 1.24 bits per heavy atom. The maximum atomic E-state index is 4.41. The average Bonchev–Trinajstić information content (AvgIpc) is 2.85. The fourth-order valence-electron chi connectivity index (χ4n) is 1.42. The molecule has 2 aromatic heterocycles. The summed E-state index contributed by atoms with van der Waals surface area (Å²) in [6.45, 7) is 8.32. The third kappa shape index (κ3) is 2.81. The monoisotopic (exact) mass is 268 g/mol. The van der Waals surface area contributed by atoms with Crippen molar-refractivity contribution in [3.8, 4) is 9.88 Å². The first kappa shape index (κ1) is 12.4. The van der Waals surface area contributed by atoms with E-state index in [0.717, 1.165) is 32.1 Å². The second kappa shape index (κ2) is 5.10. The minimum Gasteiger partial charge on any atom is -0.358 e. The van der Waals surface area contributed by atoms with Gasteiger partial charge in [0.15, 0.2) is 5.01 Å². The standard InChI is InChI=1S/C11H16N4S2/c1-5-6(2)12-11-15-14-10(17-11)9-7(3)13-8(4)16-9/h6H,5H2,1-4H3,(H,12,15). The highest BCUT2D eigenvalue weighted by atomic mass is 32.1. The number of thiazole rings is 1. The number of anilines is 1. The van der Waals surface area contributed by atoms with Gasteiger partial charge >= 0.3 is 0 Å². The van der Waals surface area contributed by atoms with Crippen LogP contribution in [0.5, 0.6) is 0 Å². The molecular weight excluding hydrogens is 252 g/mol. The van der Waals surface area contributed by atoms with E-state index in [1.807, 2.05) is 13.8 Å². The van der Waals surface area contributed by atoms with Gasteiger partial charge in [-0.1, -0.05) is 18.3 Å². The number of aryl methyl sites for hydroxylation is 2. The van der Waals surface area contributed by atoms with Crippen LogP contribution >= 0.6 is 22.7 Å². The molecule has 1 unspecified atom stereocenters. The van der Waals surface area contributed by atoms with Crippen LogP contribution in [0.15, 0.2) is 0 Å². The molecule has 0 aliphatic heterocycles. The smallest absolute Gasteiger partial charge is 0.206 e. The summed E-state index contributed by atoms with van der Waals surface area (Å²) in [6, 6.07) is 0.431. The molecule has 0 saturated carbocycles. The van der Waals surface area contributed by atoms with E-state index in [9.17, 15) is 0 Å². The Hall–Kier alpha value is -1.01. The molecule has 2 aromatic rings. The summed E-state index contributed by atoms with van der Waals surface area (Å²) in [7, 11) is 0. The molecule has 0 spiro atoms. The van der Waals surface area contributed by atoms with E-state index in [1.54, 1.807) is 22.7 Å². The topological polar surface area (TPSA) is 50.7 Å². The van der Waals surface area contributed by atoms with Crippen LogP contribution in [0.4, 0.5) is 5.13 Å². The van der Waals surface area contributed by atoms with Crippen molar-refractivity contribution in [2.75, 3.05) is 5.32 Å². The summed E-state index contributed by atoms with van der Waals surface area (Å²) in [5.41, 5.74) is 1.04. The predicted octanol–water partition coefficient (Wildman–Crippen LogP) is 3.49. The van der Waals surface area contributed by atoms with Gasteiger partial charge in [0, 0.05) is 6.04 Å². The molecule has 0 saturated heterocycles. The number of nitrogens with zero attached hydrogens (tertiary/aromatic N) is 3. The first-order chi connectivity index (χ1) is 8.10.